The molecule has 1 radical (unpaired) electrons. The Morgan fingerprint density at radius 2 is 2.18 bits per heavy atom. The van der Waals surface area contributed by atoms with Gasteiger partial charge in [-0.15, -0.1) is 0 Å². The summed E-state index contributed by atoms with van der Waals surface area (Å²) in [4.78, 5) is 12.4. The van der Waals surface area contributed by atoms with Crippen molar-refractivity contribution >= 4 is 6.03 Å². The number of hydrogen-bond donors (Lipinski definition) is 1. The van der Waals surface area contributed by atoms with Gasteiger partial charge < -0.3 is 10.6 Å². The molecule has 0 bridgehead atoms. The summed E-state index contributed by atoms with van der Waals surface area (Å²) >= 11 is 0. The predicted octanol–water partition coefficient (Wildman–Crippen LogP) is 1.39. The Balaban J connectivity index is 3.60. The molecule has 0 aromatic heterocycles. The van der Waals surface area contributed by atoms with Crippen LogP contribution in [0.25, 0.3) is 0 Å². The second-order valence-electron chi connectivity index (χ2n) is 2.53. The minimum atomic E-state index is -0.319. The van der Waals surface area contributed by atoms with Gasteiger partial charge in [0.05, 0.1) is 0 Å². The first-order chi connectivity index (χ1) is 5.22. The molecule has 0 atom stereocenters. The summed E-state index contributed by atoms with van der Waals surface area (Å²) in [6, 6.07) is -0.319. The number of nitrogens with two attached hydrogens (primary N) is 1. The van der Waals surface area contributed by atoms with Gasteiger partial charge in [0, 0.05) is 13.1 Å². The van der Waals surface area contributed by atoms with E-state index in [0.717, 1.165) is 32.4 Å². The van der Waals surface area contributed by atoms with Gasteiger partial charge in [-0.1, -0.05) is 20.3 Å². The molecule has 0 aromatic rings. The molecule has 0 aliphatic carbocycles. The van der Waals surface area contributed by atoms with E-state index in [1.54, 1.807) is 4.90 Å². The van der Waals surface area contributed by atoms with E-state index in [2.05, 4.69) is 6.92 Å². The van der Waals surface area contributed by atoms with Crippen LogP contribution in [0.4, 0.5) is 4.79 Å². The first-order valence-electron chi connectivity index (χ1n) is 4.06. The van der Waals surface area contributed by atoms with E-state index in [9.17, 15) is 4.79 Å². The van der Waals surface area contributed by atoms with Gasteiger partial charge in [0.2, 0.25) is 0 Å². The SMILES string of the molecule is [CH2]CCCN(CCC)C(N)=O. The van der Waals surface area contributed by atoms with Gasteiger partial charge >= 0.3 is 6.03 Å². The highest BCUT2D eigenvalue weighted by molar-refractivity contribution is 5.71. The Morgan fingerprint density at radius 1 is 1.55 bits per heavy atom. The molecule has 11 heavy (non-hydrogen) atoms. The fourth-order valence-corrected chi connectivity index (χ4v) is 0.905. The lowest BCUT2D eigenvalue weighted by molar-refractivity contribution is 0.207. The van der Waals surface area contributed by atoms with Crippen LogP contribution >= 0.6 is 0 Å². The summed E-state index contributed by atoms with van der Waals surface area (Å²) in [7, 11) is 0. The number of amides is 2. The molecule has 2 N–H and O–H groups in total. The maximum absolute atomic E-state index is 10.7. The normalized spacial score (nSPS) is 9.64. The van der Waals surface area contributed by atoms with E-state index >= 15 is 0 Å². The highest BCUT2D eigenvalue weighted by Gasteiger charge is 2.05. The Hall–Kier alpha value is -0.730. The summed E-state index contributed by atoms with van der Waals surface area (Å²) in [5, 5.41) is 0. The van der Waals surface area contributed by atoms with Crippen molar-refractivity contribution < 1.29 is 4.79 Å². The van der Waals surface area contributed by atoms with Crippen LogP contribution in [0.5, 0.6) is 0 Å². The lowest BCUT2D eigenvalue weighted by Gasteiger charge is -2.18. The number of carbonyl (C=O) groups excluding carboxylic acids is 1. The van der Waals surface area contributed by atoms with Gasteiger partial charge in [-0.05, 0) is 12.8 Å². The van der Waals surface area contributed by atoms with Gasteiger partial charge in [-0.2, -0.15) is 0 Å². The van der Waals surface area contributed by atoms with Gasteiger partial charge in [0.25, 0.3) is 0 Å². The van der Waals surface area contributed by atoms with Crippen LogP contribution in [0.1, 0.15) is 26.2 Å². The monoisotopic (exact) mass is 157 g/mol. The molecule has 0 aromatic carbocycles. The van der Waals surface area contributed by atoms with Crippen molar-refractivity contribution in [2.45, 2.75) is 26.2 Å². The molecule has 3 heteroatoms. The number of primary amides is 1. The number of urea groups is 1. The highest BCUT2D eigenvalue weighted by Crippen LogP contribution is 1.95. The molecule has 3 nitrogen and oxygen atoms in total. The molecule has 0 rings (SSSR count). The predicted molar refractivity (Wildman–Crippen MR) is 46.0 cm³/mol. The zero-order chi connectivity index (χ0) is 8.69. The molecule has 0 saturated carbocycles. The van der Waals surface area contributed by atoms with Crippen LogP contribution in [0.2, 0.25) is 0 Å². The van der Waals surface area contributed by atoms with Crippen LogP contribution in [0.15, 0.2) is 0 Å². The molecular weight excluding hydrogens is 140 g/mol. The minimum Gasteiger partial charge on any atom is -0.351 e. The van der Waals surface area contributed by atoms with Crippen molar-refractivity contribution in [3.8, 4) is 0 Å². The molecule has 2 amide bonds. The summed E-state index contributed by atoms with van der Waals surface area (Å²) in [5.74, 6) is 0. The third kappa shape index (κ3) is 4.65. The highest BCUT2D eigenvalue weighted by atomic mass is 16.2. The van der Waals surface area contributed by atoms with Gasteiger partial charge in [0.1, 0.15) is 0 Å². The van der Waals surface area contributed by atoms with Crippen LogP contribution in [0, 0.1) is 6.92 Å². The lowest BCUT2D eigenvalue weighted by Crippen LogP contribution is -2.36. The van der Waals surface area contributed by atoms with Crippen molar-refractivity contribution in [2.75, 3.05) is 13.1 Å². The second kappa shape index (κ2) is 6.01. The van der Waals surface area contributed by atoms with Crippen molar-refractivity contribution in [3.05, 3.63) is 6.92 Å². The number of nitrogens with zero attached hydrogens (tertiary/aromatic N) is 1. The Bertz CT molecular complexity index is 115. The number of carbonyl (C=O) groups is 1. The van der Waals surface area contributed by atoms with E-state index in [1.807, 2.05) is 6.92 Å². The first-order valence-corrected chi connectivity index (χ1v) is 4.06. The average Bonchev–Trinajstić information content (AvgIpc) is 1.97. The number of unbranched alkanes of at least 4 members (excludes halogenated alkanes) is 1. The molecule has 0 unspecified atom stereocenters. The third-order valence-electron chi connectivity index (χ3n) is 1.48. The van der Waals surface area contributed by atoms with Crippen molar-refractivity contribution in [3.63, 3.8) is 0 Å². The van der Waals surface area contributed by atoms with Crippen molar-refractivity contribution in [2.24, 2.45) is 5.73 Å². The lowest BCUT2D eigenvalue weighted by atomic mass is 10.3. The van der Waals surface area contributed by atoms with E-state index in [-0.39, 0.29) is 6.03 Å². The first kappa shape index (κ1) is 10.3. The van der Waals surface area contributed by atoms with Crippen LogP contribution in [0.3, 0.4) is 0 Å². The van der Waals surface area contributed by atoms with E-state index in [0.29, 0.717) is 0 Å². The van der Waals surface area contributed by atoms with Gasteiger partial charge in [-0.3, -0.25) is 0 Å². The molecule has 0 aliphatic rings. The summed E-state index contributed by atoms with van der Waals surface area (Å²) in [6.07, 6.45) is 2.75. The molecule has 0 spiro atoms. The Morgan fingerprint density at radius 3 is 2.55 bits per heavy atom. The maximum atomic E-state index is 10.7. The quantitative estimate of drug-likeness (QED) is 0.644. The summed E-state index contributed by atoms with van der Waals surface area (Å²) in [6.45, 7) is 7.23. The molecular formula is C8H17N2O. The Labute approximate surface area is 68.6 Å². The van der Waals surface area contributed by atoms with Crippen LogP contribution in [-0.4, -0.2) is 24.0 Å². The number of hydrogen-bond acceptors (Lipinski definition) is 1. The fourth-order valence-electron chi connectivity index (χ4n) is 0.905. The summed E-state index contributed by atoms with van der Waals surface area (Å²) < 4.78 is 0. The standard InChI is InChI=1S/C8H17N2O/c1-3-5-7-10(6-4-2)8(9)11/h1,3-7H2,2H3,(H2,9,11). The van der Waals surface area contributed by atoms with Gasteiger partial charge in [0.15, 0.2) is 0 Å². The van der Waals surface area contributed by atoms with E-state index in [4.69, 9.17) is 5.73 Å². The van der Waals surface area contributed by atoms with Crippen LogP contribution in [-0.2, 0) is 0 Å². The zero-order valence-electron chi connectivity index (χ0n) is 7.18. The van der Waals surface area contributed by atoms with E-state index in [1.165, 1.54) is 0 Å². The molecule has 0 fully saturated rings. The van der Waals surface area contributed by atoms with E-state index < -0.39 is 0 Å². The molecule has 0 heterocycles. The van der Waals surface area contributed by atoms with Crippen LogP contribution < -0.4 is 5.73 Å². The fraction of sp³-hybridized carbons (Fsp3) is 0.750. The largest absolute Gasteiger partial charge is 0.351 e. The zero-order valence-corrected chi connectivity index (χ0v) is 7.18. The molecule has 0 saturated heterocycles. The maximum Gasteiger partial charge on any atom is 0.314 e. The Kier molecular flexibility index (Phi) is 5.61. The minimum absolute atomic E-state index is 0.319. The smallest absolute Gasteiger partial charge is 0.314 e. The topological polar surface area (TPSA) is 46.3 Å². The summed E-state index contributed by atoms with van der Waals surface area (Å²) in [5.41, 5.74) is 5.13. The average molecular weight is 157 g/mol. The molecule has 0 aliphatic heterocycles. The van der Waals surface area contributed by atoms with Gasteiger partial charge in [-0.25, -0.2) is 4.79 Å². The molecule has 65 valence electrons. The third-order valence-corrected chi connectivity index (χ3v) is 1.48. The van der Waals surface area contributed by atoms with Crippen molar-refractivity contribution in [1.82, 2.24) is 4.90 Å². The van der Waals surface area contributed by atoms with Crippen molar-refractivity contribution in [1.29, 1.82) is 0 Å². The second-order valence-corrected chi connectivity index (χ2v) is 2.53. The number of rotatable bonds is 5.